The lowest BCUT2D eigenvalue weighted by Crippen LogP contribution is -2.32. The lowest BCUT2D eigenvalue weighted by atomic mass is 10.1. The number of rotatable bonds is 4. The van der Waals surface area contributed by atoms with Gasteiger partial charge in [0.1, 0.15) is 5.82 Å². The van der Waals surface area contributed by atoms with E-state index in [1.165, 1.54) is 18.2 Å². The smallest absolute Gasteiger partial charge is 0.252 e. The molecule has 0 aromatic heterocycles. The molecular formula is C12H14BrClFNO. The van der Waals surface area contributed by atoms with Crippen molar-refractivity contribution in [1.29, 1.82) is 0 Å². The predicted octanol–water partition coefficient (Wildman–Crippen LogP) is 3.58. The fourth-order valence-corrected chi connectivity index (χ4v) is 1.70. The summed E-state index contributed by atoms with van der Waals surface area (Å²) in [6.45, 7) is 4.31. The van der Waals surface area contributed by atoms with Crippen LogP contribution in [-0.4, -0.2) is 17.8 Å². The van der Waals surface area contributed by atoms with Gasteiger partial charge < -0.3 is 5.32 Å². The number of halogens is 3. The number of nitrogens with one attached hydrogen (secondary N) is 1. The van der Waals surface area contributed by atoms with Crippen molar-refractivity contribution in [3.63, 3.8) is 0 Å². The summed E-state index contributed by atoms with van der Waals surface area (Å²) in [4.78, 5) is 11.8. The molecule has 1 aromatic carbocycles. The molecule has 0 spiro atoms. The molecule has 0 bridgehead atoms. The van der Waals surface area contributed by atoms with Crippen molar-refractivity contribution < 1.29 is 9.18 Å². The SMILES string of the molecule is CC(C)C(Cl)CNC(=O)c1cc(F)ccc1Br. The maximum absolute atomic E-state index is 13.0. The lowest BCUT2D eigenvalue weighted by molar-refractivity contribution is 0.0951. The highest BCUT2D eigenvalue weighted by Gasteiger charge is 2.14. The van der Waals surface area contributed by atoms with E-state index in [1.807, 2.05) is 13.8 Å². The van der Waals surface area contributed by atoms with Crippen LogP contribution in [0.15, 0.2) is 22.7 Å². The Hall–Kier alpha value is -0.610. The number of hydrogen-bond donors (Lipinski definition) is 1. The molecule has 0 aliphatic carbocycles. The summed E-state index contributed by atoms with van der Waals surface area (Å²) in [6.07, 6.45) is 0. The summed E-state index contributed by atoms with van der Waals surface area (Å²) in [5, 5.41) is 2.55. The third kappa shape index (κ3) is 4.28. The average Bonchev–Trinajstić information content (AvgIpc) is 2.28. The molecule has 1 amide bonds. The highest BCUT2D eigenvalue weighted by atomic mass is 79.9. The minimum absolute atomic E-state index is 0.133. The molecule has 0 aliphatic heterocycles. The Labute approximate surface area is 114 Å². The largest absolute Gasteiger partial charge is 0.351 e. The summed E-state index contributed by atoms with van der Waals surface area (Å²) >= 11 is 9.22. The van der Waals surface area contributed by atoms with Crippen LogP contribution in [0.2, 0.25) is 0 Å². The van der Waals surface area contributed by atoms with Gasteiger partial charge in [-0.2, -0.15) is 0 Å². The van der Waals surface area contributed by atoms with Gasteiger partial charge in [0, 0.05) is 11.0 Å². The van der Waals surface area contributed by atoms with Gasteiger partial charge in [0.25, 0.3) is 5.91 Å². The van der Waals surface area contributed by atoms with Crippen LogP contribution in [0, 0.1) is 11.7 Å². The van der Waals surface area contributed by atoms with Crippen molar-refractivity contribution >= 4 is 33.4 Å². The maximum atomic E-state index is 13.0. The van der Waals surface area contributed by atoms with E-state index in [9.17, 15) is 9.18 Å². The zero-order valence-electron chi connectivity index (χ0n) is 9.64. The van der Waals surface area contributed by atoms with Gasteiger partial charge in [-0.15, -0.1) is 11.6 Å². The minimum atomic E-state index is -0.440. The first-order valence-electron chi connectivity index (χ1n) is 5.29. The van der Waals surface area contributed by atoms with Gasteiger partial charge in [-0.25, -0.2) is 4.39 Å². The summed E-state index contributed by atoms with van der Waals surface area (Å²) in [5.41, 5.74) is 0.276. The Balaban J connectivity index is 2.67. The lowest BCUT2D eigenvalue weighted by Gasteiger charge is -2.14. The third-order valence-electron chi connectivity index (χ3n) is 2.35. The molecule has 0 fully saturated rings. The van der Waals surface area contributed by atoms with Gasteiger partial charge in [0.05, 0.1) is 10.9 Å². The van der Waals surface area contributed by atoms with E-state index in [4.69, 9.17) is 11.6 Å². The molecule has 1 rings (SSSR count). The van der Waals surface area contributed by atoms with Gasteiger partial charge in [0.15, 0.2) is 0 Å². The Kier molecular flexibility index (Phi) is 5.40. The zero-order valence-corrected chi connectivity index (χ0v) is 12.0. The van der Waals surface area contributed by atoms with Gasteiger partial charge >= 0.3 is 0 Å². The first-order valence-corrected chi connectivity index (χ1v) is 6.52. The molecule has 1 aromatic rings. The van der Waals surface area contributed by atoms with Crippen LogP contribution in [0.5, 0.6) is 0 Å². The fourth-order valence-electron chi connectivity index (χ4n) is 1.19. The van der Waals surface area contributed by atoms with E-state index >= 15 is 0 Å². The summed E-state index contributed by atoms with van der Waals surface area (Å²) in [5.74, 6) is -0.500. The number of carbonyl (C=O) groups is 1. The van der Waals surface area contributed by atoms with Crippen LogP contribution < -0.4 is 5.32 Å². The topological polar surface area (TPSA) is 29.1 Å². The summed E-state index contributed by atoms with van der Waals surface area (Å²) < 4.78 is 13.6. The van der Waals surface area contributed by atoms with Crippen molar-refractivity contribution in [1.82, 2.24) is 5.32 Å². The Morgan fingerprint density at radius 2 is 2.18 bits per heavy atom. The van der Waals surface area contributed by atoms with Crippen LogP contribution >= 0.6 is 27.5 Å². The highest BCUT2D eigenvalue weighted by Crippen LogP contribution is 2.18. The monoisotopic (exact) mass is 321 g/mol. The quantitative estimate of drug-likeness (QED) is 0.844. The number of carbonyl (C=O) groups excluding carboxylic acids is 1. The predicted molar refractivity (Wildman–Crippen MR) is 70.9 cm³/mol. The molecule has 0 aliphatic rings. The highest BCUT2D eigenvalue weighted by molar-refractivity contribution is 9.10. The molecule has 0 saturated heterocycles. The van der Waals surface area contributed by atoms with Crippen molar-refractivity contribution in [2.45, 2.75) is 19.2 Å². The molecule has 94 valence electrons. The van der Waals surface area contributed by atoms with E-state index in [0.717, 1.165) is 0 Å². The molecule has 5 heteroatoms. The molecule has 2 nitrogen and oxygen atoms in total. The number of alkyl halides is 1. The molecule has 0 saturated carbocycles. The molecule has 1 unspecified atom stereocenters. The summed E-state index contributed by atoms with van der Waals surface area (Å²) in [7, 11) is 0. The number of benzene rings is 1. The molecular weight excluding hydrogens is 308 g/mol. The maximum Gasteiger partial charge on any atom is 0.252 e. The fraction of sp³-hybridized carbons (Fsp3) is 0.417. The van der Waals surface area contributed by atoms with Gasteiger partial charge in [-0.1, -0.05) is 13.8 Å². The standard InChI is InChI=1S/C12H14BrClFNO/c1-7(2)11(14)6-16-12(17)9-5-8(15)3-4-10(9)13/h3-5,7,11H,6H2,1-2H3,(H,16,17). The second-order valence-electron chi connectivity index (χ2n) is 4.09. The summed E-state index contributed by atoms with van der Waals surface area (Å²) in [6, 6.07) is 3.99. The molecule has 0 heterocycles. The Morgan fingerprint density at radius 1 is 1.53 bits per heavy atom. The number of hydrogen-bond acceptors (Lipinski definition) is 1. The normalized spacial score (nSPS) is 12.6. The molecule has 17 heavy (non-hydrogen) atoms. The first-order chi connectivity index (χ1) is 7.91. The van der Waals surface area contributed by atoms with E-state index in [1.54, 1.807) is 0 Å². The van der Waals surface area contributed by atoms with Crippen LogP contribution in [0.4, 0.5) is 4.39 Å². The van der Waals surface area contributed by atoms with Crippen LogP contribution in [0.1, 0.15) is 24.2 Å². The van der Waals surface area contributed by atoms with E-state index in [-0.39, 0.29) is 22.8 Å². The zero-order chi connectivity index (χ0) is 13.0. The van der Waals surface area contributed by atoms with Crippen molar-refractivity contribution in [3.8, 4) is 0 Å². The average molecular weight is 323 g/mol. The van der Waals surface area contributed by atoms with Crippen LogP contribution in [0.3, 0.4) is 0 Å². The van der Waals surface area contributed by atoms with Crippen LogP contribution in [0.25, 0.3) is 0 Å². The van der Waals surface area contributed by atoms with Crippen molar-refractivity contribution in [2.24, 2.45) is 5.92 Å². The second-order valence-corrected chi connectivity index (χ2v) is 5.51. The minimum Gasteiger partial charge on any atom is -0.351 e. The van der Waals surface area contributed by atoms with Crippen molar-refractivity contribution in [3.05, 3.63) is 34.1 Å². The first kappa shape index (κ1) is 14.5. The Bertz CT molecular complexity index is 411. The molecule has 0 radical (unpaired) electrons. The number of amides is 1. The van der Waals surface area contributed by atoms with Crippen LogP contribution in [-0.2, 0) is 0 Å². The van der Waals surface area contributed by atoms with Gasteiger partial charge in [-0.3, -0.25) is 4.79 Å². The van der Waals surface area contributed by atoms with E-state index in [2.05, 4.69) is 21.2 Å². The molecule has 1 N–H and O–H groups in total. The van der Waals surface area contributed by atoms with Gasteiger partial charge in [0.2, 0.25) is 0 Å². The van der Waals surface area contributed by atoms with E-state index < -0.39 is 5.82 Å². The van der Waals surface area contributed by atoms with Crippen molar-refractivity contribution in [2.75, 3.05) is 6.54 Å². The second kappa shape index (κ2) is 6.36. The third-order valence-corrected chi connectivity index (χ3v) is 3.70. The van der Waals surface area contributed by atoms with Gasteiger partial charge in [-0.05, 0) is 40.0 Å². The molecule has 1 atom stereocenters. The Morgan fingerprint density at radius 3 is 2.76 bits per heavy atom. The van der Waals surface area contributed by atoms with E-state index in [0.29, 0.717) is 11.0 Å².